The highest BCUT2D eigenvalue weighted by Crippen LogP contribution is 2.22. The van der Waals surface area contributed by atoms with Gasteiger partial charge in [0.2, 0.25) is 0 Å². The summed E-state index contributed by atoms with van der Waals surface area (Å²) in [6.45, 7) is 6.60. The number of benzene rings is 2. The molecule has 26 heavy (non-hydrogen) atoms. The predicted octanol–water partition coefficient (Wildman–Crippen LogP) is 6.30. The number of nitrogens with zero attached hydrogens (tertiary/aromatic N) is 1. The molecule has 0 aromatic heterocycles. The molecule has 1 nitrogen and oxygen atoms in total. The van der Waals surface area contributed by atoms with E-state index in [1.165, 1.54) is 43.2 Å². The lowest BCUT2D eigenvalue weighted by Crippen LogP contribution is -2.30. The number of fused-ring (bicyclic) bond motifs is 1. The lowest BCUT2D eigenvalue weighted by molar-refractivity contribution is 0.237. The van der Waals surface area contributed by atoms with Crippen molar-refractivity contribution in [1.82, 2.24) is 4.90 Å². The first-order chi connectivity index (χ1) is 12.2. The van der Waals surface area contributed by atoms with E-state index in [0.29, 0.717) is 6.04 Å². The molecule has 3 rings (SSSR count). The van der Waals surface area contributed by atoms with E-state index in [1.807, 2.05) is 0 Å². The fraction of sp³-hybridized carbons (Fsp3) is 0.417. The van der Waals surface area contributed by atoms with Gasteiger partial charge in [0.1, 0.15) is 0 Å². The molecule has 0 bridgehead atoms. The third kappa shape index (κ3) is 6.00. The summed E-state index contributed by atoms with van der Waals surface area (Å²) in [4.78, 5) is 2.54. The van der Waals surface area contributed by atoms with Crippen molar-refractivity contribution < 1.29 is 0 Å². The lowest BCUT2D eigenvalue weighted by atomic mass is 9.99. The number of halogens is 1. The Balaban J connectivity index is 0.00000243. The molecule has 2 aromatic carbocycles. The lowest BCUT2D eigenvalue weighted by Gasteiger charge is -2.25. The number of hydrogen-bond donors (Lipinski definition) is 0. The van der Waals surface area contributed by atoms with Crippen molar-refractivity contribution in [2.45, 2.75) is 58.5 Å². The Labute approximate surface area is 165 Å². The number of aryl methyl sites for hydroxylation is 2. The Kier molecular flexibility index (Phi) is 8.41. The van der Waals surface area contributed by atoms with Crippen LogP contribution in [0.2, 0.25) is 0 Å². The minimum atomic E-state index is 0. The molecule has 1 aliphatic rings. The third-order valence-corrected chi connectivity index (χ3v) is 5.23. The second-order valence-electron chi connectivity index (χ2n) is 7.50. The predicted molar refractivity (Wildman–Crippen MR) is 116 cm³/mol. The molecule has 0 aliphatic heterocycles. The van der Waals surface area contributed by atoms with Crippen LogP contribution in [0.3, 0.4) is 0 Å². The summed E-state index contributed by atoms with van der Waals surface area (Å²) in [6.07, 6.45) is 11.1. The molecule has 0 saturated carbocycles. The first-order valence-electron chi connectivity index (χ1n) is 9.78. The maximum atomic E-state index is 2.54. The van der Waals surface area contributed by atoms with Crippen molar-refractivity contribution >= 4 is 18.5 Å². The second kappa shape index (κ2) is 10.5. The largest absolute Gasteiger partial charge is 0.293 e. The highest BCUT2D eigenvalue weighted by Gasteiger charge is 2.12. The van der Waals surface area contributed by atoms with Gasteiger partial charge < -0.3 is 0 Å². The van der Waals surface area contributed by atoms with Crippen LogP contribution in [0.1, 0.15) is 55.4 Å². The van der Waals surface area contributed by atoms with E-state index in [9.17, 15) is 0 Å². The van der Waals surface area contributed by atoms with Crippen LogP contribution in [-0.4, -0.2) is 17.5 Å². The van der Waals surface area contributed by atoms with E-state index in [4.69, 9.17) is 0 Å². The van der Waals surface area contributed by atoms with Crippen molar-refractivity contribution in [1.29, 1.82) is 0 Å². The Morgan fingerprint density at radius 2 is 1.65 bits per heavy atom. The smallest absolute Gasteiger partial charge is 0.0239 e. The van der Waals surface area contributed by atoms with Crippen LogP contribution in [0.15, 0.2) is 54.6 Å². The van der Waals surface area contributed by atoms with Crippen LogP contribution < -0.4 is 0 Å². The van der Waals surface area contributed by atoms with Gasteiger partial charge in [-0.25, -0.2) is 0 Å². The molecule has 0 radical (unpaired) electrons. The summed E-state index contributed by atoms with van der Waals surface area (Å²) in [7, 11) is 0. The molecule has 0 spiro atoms. The molecule has 0 unspecified atom stereocenters. The average molecular weight is 370 g/mol. The van der Waals surface area contributed by atoms with Gasteiger partial charge in [-0.15, -0.1) is 12.4 Å². The van der Waals surface area contributed by atoms with Gasteiger partial charge in [-0.2, -0.15) is 0 Å². The van der Waals surface area contributed by atoms with Crippen molar-refractivity contribution in [2.24, 2.45) is 0 Å². The van der Waals surface area contributed by atoms with Gasteiger partial charge >= 0.3 is 0 Å². The third-order valence-electron chi connectivity index (χ3n) is 5.23. The van der Waals surface area contributed by atoms with E-state index in [1.54, 1.807) is 11.1 Å². The zero-order chi connectivity index (χ0) is 17.5. The van der Waals surface area contributed by atoms with E-state index < -0.39 is 0 Å². The summed E-state index contributed by atoms with van der Waals surface area (Å²) in [6, 6.07) is 18.3. The summed E-state index contributed by atoms with van der Waals surface area (Å²) < 4.78 is 0. The molecule has 2 aromatic rings. The quantitative estimate of drug-likeness (QED) is 0.540. The summed E-state index contributed by atoms with van der Waals surface area (Å²) in [5, 5.41) is 0. The van der Waals surface area contributed by atoms with Crippen molar-refractivity contribution in [3.63, 3.8) is 0 Å². The van der Waals surface area contributed by atoms with Gasteiger partial charge in [-0.1, -0.05) is 67.1 Å². The topological polar surface area (TPSA) is 3.24 Å². The minimum Gasteiger partial charge on any atom is -0.293 e. The normalized spacial score (nSPS) is 14.3. The average Bonchev–Trinajstić information content (AvgIpc) is 2.86. The van der Waals surface area contributed by atoms with Crippen LogP contribution in [0.5, 0.6) is 0 Å². The van der Waals surface area contributed by atoms with Crippen molar-refractivity contribution in [3.8, 4) is 0 Å². The van der Waals surface area contributed by atoms with Gasteiger partial charge in [-0.05, 0) is 61.8 Å². The van der Waals surface area contributed by atoms with Gasteiger partial charge in [-0.3, -0.25) is 4.90 Å². The molecule has 0 fully saturated rings. The fourth-order valence-electron chi connectivity index (χ4n) is 3.64. The van der Waals surface area contributed by atoms with E-state index in [0.717, 1.165) is 13.1 Å². The summed E-state index contributed by atoms with van der Waals surface area (Å²) in [5.74, 6) is 0. The Morgan fingerprint density at radius 3 is 2.38 bits per heavy atom. The first-order valence-corrected chi connectivity index (χ1v) is 9.78. The number of rotatable bonds is 6. The fourth-order valence-corrected chi connectivity index (χ4v) is 3.64. The highest BCUT2D eigenvalue weighted by atomic mass is 35.5. The van der Waals surface area contributed by atoms with E-state index in [2.05, 4.69) is 79.4 Å². The second-order valence-corrected chi connectivity index (χ2v) is 7.50. The Morgan fingerprint density at radius 1 is 0.923 bits per heavy atom. The maximum Gasteiger partial charge on any atom is 0.0239 e. The maximum absolute atomic E-state index is 2.54. The molecule has 1 aliphatic carbocycles. The standard InChI is InChI=1S/C24H31N.ClH/c1-20(2)25(17-9-12-21-10-5-3-6-11-21)19-22-15-16-23-13-7-4-8-14-24(23)18-22;/h3,5-6,9-12,15-16,18,20H,4,7-8,13-14,17,19H2,1-2H3;1H/b12-9+;. The van der Waals surface area contributed by atoms with Gasteiger partial charge in [0.05, 0.1) is 0 Å². The molecule has 0 amide bonds. The van der Waals surface area contributed by atoms with Gasteiger partial charge in [0.15, 0.2) is 0 Å². The molecule has 0 heterocycles. The van der Waals surface area contributed by atoms with E-state index in [-0.39, 0.29) is 12.4 Å². The van der Waals surface area contributed by atoms with Crippen LogP contribution in [-0.2, 0) is 19.4 Å². The zero-order valence-electron chi connectivity index (χ0n) is 16.2. The molecule has 0 saturated heterocycles. The molecular formula is C24H32ClN. The van der Waals surface area contributed by atoms with E-state index >= 15 is 0 Å². The summed E-state index contributed by atoms with van der Waals surface area (Å²) in [5.41, 5.74) is 5.92. The van der Waals surface area contributed by atoms with Gasteiger partial charge in [0.25, 0.3) is 0 Å². The Bertz CT molecular complexity index is 691. The van der Waals surface area contributed by atoms with Crippen LogP contribution in [0.4, 0.5) is 0 Å². The summed E-state index contributed by atoms with van der Waals surface area (Å²) >= 11 is 0. The monoisotopic (exact) mass is 369 g/mol. The zero-order valence-corrected chi connectivity index (χ0v) is 17.0. The SMILES string of the molecule is CC(C)N(C/C=C/c1ccccc1)Cc1ccc2c(c1)CCCCC2.Cl. The highest BCUT2D eigenvalue weighted by molar-refractivity contribution is 5.85. The molecule has 0 N–H and O–H groups in total. The molecule has 0 atom stereocenters. The molecule has 140 valence electrons. The van der Waals surface area contributed by atoms with Crippen molar-refractivity contribution in [3.05, 3.63) is 76.9 Å². The van der Waals surface area contributed by atoms with Crippen molar-refractivity contribution in [2.75, 3.05) is 6.54 Å². The van der Waals surface area contributed by atoms with Crippen LogP contribution in [0, 0.1) is 0 Å². The number of hydrogen-bond acceptors (Lipinski definition) is 1. The first kappa shape index (κ1) is 20.7. The van der Waals surface area contributed by atoms with Gasteiger partial charge in [0, 0.05) is 19.1 Å². The molecular weight excluding hydrogens is 338 g/mol. The van der Waals surface area contributed by atoms with Crippen LogP contribution in [0.25, 0.3) is 6.08 Å². The molecule has 2 heteroatoms. The minimum absolute atomic E-state index is 0. The van der Waals surface area contributed by atoms with Crippen LogP contribution >= 0.6 is 12.4 Å². The Hall–Kier alpha value is -1.57.